The van der Waals surface area contributed by atoms with Crippen molar-refractivity contribution in [3.05, 3.63) is 0 Å². The number of hydrogen-bond donors (Lipinski definition) is 3. The molecule has 0 bridgehead atoms. The van der Waals surface area contributed by atoms with Crippen LogP contribution >= 0.6 is 0 Å². The summed E-state index contributed by atoms with van der Waals surface area (Å²) >= 11 is 0. The van der Waals surface area contributed by atoms with Gasteiger partial charge in [-0.3, -0.25) is 0 Å². The number of rotatable bonds is 5. The van der Waals surface area contributed by atoms with Crippen LogP contribution in [0, 0.1) is 5.92 Å². The highest BCUT2D eigenvalue weighted by molar-refractivity contribution is 4.89. The predicted molar refractivity (Wildman–Crippen MR) is 63.2 cm³/mol. The molecule has 4 unspecified atom stereocenters. The van der Waals surface area contributed by atoms with Gasteiger partial charge < -0.3 is 20.9 Å². The number of nitrogens with one attached hydrogen (secondary N) is 1. The summed E-state index contributed by atoms with van der Waals surface area (Å²) in [5.41, 5.74) is 5.81. The molecular formula is C12H24N2O2. The molecule has 4 heteroatoms. The smallest absolute Gasteiger partial charge is 0.0741 e. The minimum Gasteiger partial charge on any atom is -0.396 e. The first-order valence-electron chi connectivity index (χ1n) is 6.53. The van der Waals surface area contributed by atoms with Gasteiger partial charge in [0.15, 0.2) is 0 Å². The normalized spacial score (nSPS) is 36.8. The minimum absolute atomic E-state index is 0.264. The highest BCUT2D eigenvalue weighted by atomic mass is 16.5. The van der Waals surface area contributed by atoms with E-state index in [2.05, 4.69) is 5.32 Å². The van der Waals surface area contributed by atoms with Gasteiger partial charge in [0, 0.05) is 31.8 Å². The van der Waals surface area contributed by atoms with Crippen molar-refractivity contribution in [1.82, 2.24) is 5.32 Å². The summed E-state index contributed by atoms with van der Waals surface area (Å²) in [4.78, 5) is 0. The van der Waals surface area contributed by atoms with Gasteiger partial charge in [-0.2, -0.15) is 0 Å². The molecule has 1 saturated carbocycles. The first-order valence-corrected chi connectivity index (χ1v) is 6.53. The molecule has 1 aliphatic carbocycles. The summed E-state index contributed by atoms with van der Waals surface area (Å²) in [6.07, 6.45) is 6.06. The summed E-state index contributed by atoms with van der Waals surface area (Å²) in [7, 11) is 0. The van der Waals surface area contributed by atoms with E-state index in [0.717, 1.165) is 32.3 Å². The largest absolute Gasteiger partial charge is 0.396 e. The molecule has 0 amide bonds. The van der Waals surface area contributed by atoms with E-state index in [1.807, 2.05) is 0 Å². The number of aliphatic hydroxyl groups excluding tert-OH is 1. The third-order valence-corrected chi connectivity index (χ3v) is 3.99. The minimum atomic E-state index is 0.264. The van der Waals surface area contributed by atoms with Crippen molar-refractivity contribution in [2.24, 2.45) is 11.7 Å². The van der Waals surface area contributed by atoms with E-state index >= 15 is 0 Å². The highest BCUT2D eigenvalue weighted by Gasteiger charge is 2.32. The van der Waals surface area contributed by atoms with Gasteiger partial charge in [-0.05, 0) is 31.6 Å². The van der Waals surface area contributed by atoms with Gasteiger partial charge in [0.2, 0.25) is 0 Å². The molecule has 4 atom stereocenters. The fourth-order valence-electron chi connectivity index (χ4n) is 3.00. The molecule has 0 spiro atoms. The SMILES string of the molecule is NCC(NC1CCCC1CO)C1CCCO1. The summed E-state index contributed by atoms with van der Waals surface area (Å²) in [5.74, 6) is 0.412. The van der Waals surface area contributed by atoms with Gasteiger partial charge in [0.1, 0.15) is 0 Å². The monoisotopic (exact) mass is 228 g/mol. The molecule has 0 aromatic heterocycles. The lowest BCUT2D eigenvalue weighted by Gasteiger charge is -2.29. The second kappa shape index (κ2) is 5.96. The van der Waals surface area contributed by atoms with Crippen LogP contribution < -0.4 is 11.1 Å². The number of nitrogens with two attached hydrogens (primary N) is 1. The first-order chi connectivity index (χ1) is 7.85. The molecule has 94 valence electrons. The van der Waals surface area contributed by atoms with Crippen LogP contribution in [0.5, 0.6) is 0 Å². The van der Waals surface area contributed by atoms with Crippen LogP contribution in [0.15, 0.2) is 0 Å². The molecule has 0 radical (unpaired) electrons. The van der Waals surface area contributed by atoms with Crippen LogP contribution in [-0.4, -0.2) is 43.1 Å². The Morgan fingerprint density at radius 3 is 2.81 bits per heavy atom. The van der Waals surface area contributed by atoms with Gasteiger partial charge >= 0.3 is 0 Å². The van der Waals surface area contributed by atoms with Gasteiger partial charge in [-0.15, -0.1) is 0 Å². The molecular weight excluding hydrogens is 204 g/mol. The van der Waals surface area contributed by atoms with E-state index < -0.39 is 0 Å². The van der Waals surface area contributed by atoms with E-state index in [1.54, 1.807) is 0 Å². The van der Waals surface area contributed by atoms with Crippen molar-refractivity contribution in [3.63, 3.8) is 0 Å². The zero-order valence-corrected chi connectivity index (χ0v) is 9.90. The zero-order chi connectivity index (χ0) is 11.4. The Kier molecular flexibility index (Phi) is 4.58. The van der Waals surface area contributed by atoms with Crippen molar-refractivity contribution in [2.75, 3.05) is 19.8 Å². The van der Waals surface area contributed by atoms with Crippen molar-refractivity contribution < 1.29 is 9.84 Å². The van der Waals surface area contributed by atoms with Gasteiger partial charge in [0.05, 0.1) is 6.10 Å². The standard InChI is InChI=1S/C12H24N2O2/c13-7-11(12-5-2-6-16-12)14-10-4-1-3-9(10)8-15/h9-12,14-15H,1-8,13H2. The second-order valence-electron chi connectivity index (χ2n) is 5.04. The molecule has 1 saturated heterocycles. The average molecular weight is 228 g/mol. The van der Waals surface area contributed by atoms with Gasteiger partial charge in [-0.1, -0.05) is 6.42 Å². The summed E-state index contributed by atoms with van der Waals surface area (Å²) in [6, 6.07) is 0.697. The number of ether oxygens (including phenoxy) is 1. The summed E-state index contributed by atoms with van der Waals surface area (Å²) in [5, 5.41) is 12.9. The maximum absolute atomic E-state index is 9.28. The van der Waals surface area contributed by atoms with Crippen LogP contribution in [0.2, 0.25) is 0 Å². The Morgan fingerprint density at radius 2 is 2.19 bits per heavy atom. The Hall–Kier alpha value is -0.160. The van der Waals surface area contributed by atoms with Crippen LogP contribution in [-0.2, 0) is 4.74 Å². The first kappa shape index (κ1) is 12.3. The fourth-order valence-corrected chi connectivity index (χ4v) is 3.00. The zero-order valence-electron chi connectivity index (χ0n) is 9.90. The van der Waals surface area contributed by atoms with Crippen molar-refractivity contribution in [1.29, 1.82) is 0 Å². The van der Waals surface area contributed by atoms with Crippen LogP contribution in [0.4, 0.5) is 0 Å². The lowest BCUT2D eigenvalue weighted by Crippen LogP contribution is -2.51. The van der Waals surface area contributed by atoms with Gasteiger partial charge in [0.25, 0.3) is 0 Å². The van der Waals surface area contributed by atoms with Gasteiger partial charge in [-0.25, -0.2) is 0 Å². The third-order valence-electron chi connectivity index (χ3n) is 3.99. The fraction of sp³-hybridized carbons (Fsp3) is 1.00. The Bertz CT molecular complexity index is 207. The molecule has 1 heterocycles. The van der Waals surface area contributed by atoms with E-state index in [4.69, 9.17) is 10.5 Å². The Labute approximate surface area is 97.5 Å². The molecule has 2 rings (SSSR count). The van der Waals surface area contributed by atoms with Crippen molar-refractivity contribution in [2.45, 2.75) is 50.3 Å². The number of hydrogen-bond acceptors (Lipinski definition) is 4. The molecule has 2 fully saturated rings. The predicted octanol–water partition coefficient (Wildman–Crippen LogP) is 0.243. The average Bonchev–Trinajstić information content (AvgIpc) is 2.96. The molecule has 1 aliphatic heterocycles. The molecule has 0 aromatic carbocycles. The quantitative estimate of drug-likeness (QED) is 0.631. The lowest BCUT2D eigenvalue weighted by molar-refractivity contribution is 0.0718. The molecule has 16 heavy (non-hydrogen) atoms. The summed E-state index contributed by atoms with van der Waals surface area (Å²) < 4.78 is 5.68. The maximum Gasteiger partial charge on any atom is 0.0741 e. The summed E-state index contributed by atoms with van der Waals surface area (Å²) in [6.45, 7) is 1.79. The lowest BCUT2D eigenvalue weighted by atomic mass is 10.0. The van der Waals surface area contributed by atoms with E-state index in [9.17, 15) is 5.11 Å². The molecule has 4 N–H and O–H groups in total. The van der Waals surface area contributed by atoms with E-state index in [0.29, 0.717) is 25.1 Å². The number of aliphatic hydroxyl groups is 1. The second-order valence-corrected chi connectivity index (χ2v) is 5.04. The van der Waals surface area contributed by atoms with Crippen LogP contribution in [0.25, 0.3) is 0 Å². The Balaban J connectivity index is 1.85. The molecule has 2 aliphatic rings. The highest BCUT2D eigenvalue weighted by Crippen LogP contribution is 2.26. The molecule has 0 aromatic rings. The van der Waals surface area contributed by atoms with E-state index in [-0.39, 0.29) is 12.1 Å². The third kappa shape index (κ3) is 2.74. The van der Waals surface area contributed by atoms with E-state index in [1.165, 1.54) is 6.42 Å². The van der Waals surface area contributed by atoms with Crippen molar-refractivity contribution in [3.8, 4) is 0 Å². The van der Waals surface area contributed by atoms with Crippen molar-refractivity contribution >= 4 is 0 Å². The maximum atomic E-state index is 9.28. The topological polar surface area (TPSA) is 67.5 Å². The van der Waals surface area contributed by atoms with Crippen LogP contribution in [0.1, 0.15) is 32.1 Å². The molecule has 4 nitrogen and oxygen atoms in total. The Morgan fingerprint density at radius 1 is 1.31 bits per heavy atom. The van der Waals surface area contributed by atoms with Crippen LogP contribution in [0.3, 0.4) is 0 Å².